The topological polar surface area (TPSA) is 43.8 Å². The van der Waals surface area contributed by atoms with Crippen LogP contribution in [-0.4, -0.2) is 9.55 Å². The summed E-state index contributed by atoms with van der Waals surface area (Å²) >= 11 is 0. The number of nitrogens with zero attached hydrogens (tertiary/aromatic N) is 2. The minimum absolute atomic E-state index is 0.741. The second-order valence-electron chi connectivity index (χ2n) is 3.50. The maximum absolute atomic E-state index is 5.89. The number of aryl methyl sites for hydroxylation is 1. The number of hydrogen-bond donors (Lipinski definition) is 1. The van der Waals surface area contributed by atoms with Gasteiger partial charge in [-0.3, -0.25) is 0 Å². The van der Waals surface area contributed by atoms with Crippen molar-refractivity contribution in [1.82, 2.24) is 9.55 Å². The Bertz CT molecular complexity index is 497. The number of aromatic nitrogens is 2. The van der Waals surface area contributed by atoms with Crippen molar-refractivity contribution in [2.45, 2.75) is 19.9 Å². The highest BCUT2D eigenvalue weighted by Gasteiger charge is 2.09. The zero-order valence-corrected chi connectivity index (χ0v) is 8.90. The number of anilines is 1. The van der Waals surface area contributed by atoms with Crippen LogP contribution in [-0.2, 0) is 13.0 Å². The smallest absolute Gasteiger partial charge is 0.112 e. The molecule has 3 nitrogen and oxygen atoms in total. The molecule has 0 atom stereocenters. The SMILES string of the molecule is C=CCn1c(CC)nc2c(N)cccc21. The minimum atomic E-state index is 0.741. The van der Waals surface area contributed by atoms with Gasteiger partial charge < -0.3 is 10.3 Å². The molecule has 0 saturated carbocycles. The fraction of sp³-hybridized carbons (Fsp3) is 0.250. The first-order valence-electron chi connectivity index (χ1n) is 5.12. The molecule has 1 aromatic carbocycles. The van der Waals surface area contributed by atoms with Gasteiger partial charge in [-0.05, 0) is 12.1 Å². The molecule has 0 aliphatic carbocycles. The van der Waals surface area contributed by atoms with E-state index in [9.17, 15) is 0 Å². The molecule has 0 aliphatic heterocycles. The van der Waals surface area contributed by atoms with Crippen LogP contribution in [0.4, 0.5) is 5.69 Å². The number of nitrogens with two attached hydrogens (primary N) is 1. The average Bonchev–Trinajstić information content (AvgIpc) is 2.59. The zero-order valence-electron chi connectivity index (χ0n) is 8.90. The van der Waals surface area contributed by atoms with Crippen molar-refractivity contribution < 1.29 is 0 Å². The van der Waals surface area contributed by atoms with Crippen LogP contribution in [0.1, 0.15) is 12.7 Å². The van der Waals surface area contributed by atoms with Crippen LogP contribution >= 0.6 is 0 Å². The maximum Gasteiger partial charge on any atom is 0.112 e. The van der Waals surface area contributed by atoms with Gasteiger partial charge in [0.1, 0.15) is 11.3 Å². The Labute approximate surface area is 89.2 Å². The molecular formula is C12H15N3. The van der Waals surface area contributed by atoms with E-state index in [1.54, 1.807) is 0 Å². The lowest BCUT2D eigenvalue weighted by Gasteiger charge is -2.03. The molecule has 15 heavy (non-hydrogen) atoms. The van der Waals surface area contributed by atoms with E-state index < -0.39 is 0 Å². The van der Waals surface area contributed by atoms with Crippen LogP contribution in [0.25, 0.3) is 11.0 Å². The molecule has 1 aromatic heterocycles. The molecule has 2 rings (SSSR count). The van der Waals surface area contributed by atoms with E-state index in [1.165, 1.54) is 0 Å². The molecule has 0 spiro atoms. The molecule has 0 bridgehead atoms. The number of fused-ring (bicyclic) bond motifs is 1. The molecule has 0 saturated heterocycles. The van der Waals surface area contributed by atoms with Crippen LogP contribution in [0.3, 0.4) is 0 Å². The van der Waals surface area contributed by atoms with Gasteiger partial charge in [0.2, 0.25) is 0 Å². The Hall–Kier alpha value is -1.77. The van der Waals surface area contributed by atoms with Crippen molar-refractivity contribution in [3.8, 4) is 0 Å². The van der Waals surface area contributed by atoms with E-state index in [2.05, 4.69) is 23.1 Å². The number of para-hydroxylation sites is 1. The minimum Gasteiger partial charge on any atom is -0.397 e. The van der Waals surface area contributed by atoms with Gasteiger partial charge in [-0.15, -0.1) is 6.58 Å². The van der Waals surface area contributed by atoms with Gasteiger partial charge in [0, 0.05) is 13.0 Å². The molecule has 0 amide bonds. The molecule has 0 aliphatic rings. The van der Waals surface area contributed by atoms with Gasteiger partial charge >= 0.3 is 0 Å². The first-order chi connectivity index (χ1) is 7.27. The van der Waals surface area contributed by atoms with Crippen LogP contribution in [0.2, 0.25) is 0 Å². The Balaban J connectivity index is 2.73. The van der Waals surface area contributed by atoms with Crippen LogP contribution in [0, 0.1) is 0 Å². The number of allylic oxidation sites excluding steroid dienone is 1. The van der Waals surface area contributed by atoms with E-state index in [-0.39, 0.29) is 0 Å². The van der Waals surface area contributed by atoms with Gasteiger partial charge in [0.25, 0.3) is 0 Å². The third kappa shape index (κ3) is 1.50. The fourth-order valence-corrected chi connectivity index (χ4v) is 1.82. The zero-order chi connectivity index (χ0) is 10.8. The molecule has 3 heteroatoms. The molecule has 2 N–H and O–H groups in total. The quantitative estimate of drug-likeness (QED) is 0.612. The molecular weight excluding hydrogens is 186 g/mol. The van der Waals surface area contributed by atoms with Crippen molar-refractivity contribution in [1.29, 1.82) is 0 Å². The summed E-state index contributed by atoms with van der Waals surface area (Å²) in [6.07, 6.45) is 2.78. The van der Waals surface area contributed by atoms with E-state index >= 15 is 0 Å². The summed E-state index contributed by atoms with van der Waals surface area (Å²) in [4.78, 5) is 4.54. The third-order valence-electron chi connectivity index (χ3n) is 2.52. The molecule has 0 fully saturated rings. The Kier molecular flexibility index (Phi) is 2.46. The van der Waals surface area contributed by atoms with E-state index in [4.69, 9.17) is 5.73 Å². The number of hydrogen-bond acceptors (Lipinski definition) is 2. The fourth-order valence-electron chi connectivity index (χ4n) is 1.82. The monoisotopic (exact) mass is 201 g/mol. The summed E-state index contributed by atoms with van der Waals surface area (Å²) in [7, 11) is 0. The second kappa shape index (κ2) is 3.77. The summed E-state index contributed by atoms with van der Waals surface area (Å²) in [5.74, 6) is 1.06. The van der Waals surface area contributed by atoms with Gasteiger partial charge in [-0.2, -0.15) is 0 Å². The van der Waals surface area contributed by atoms with Crippen molar-refractivity contribution in [3.63, 3.8) is 0 Å². The second-order valence-corrected chi connectivity index (χ2v) is 3.50. The highest BCUT2D eigenvalue weighted by molar-refractivity contribution is 5.87. The predicted octanol–water partition coefficient (Wildman–Crippen LogP) is 2.37. The van der Waals surface area contributed by atoms with E-state index in [0.29, 0.717) is 0 Å². The van der Waals surface area contributed by atoms with Gasteiger partial charge in [0.15, 0.2) is 0 Å². The maximum atomic E-state index is 5.89. The Morgan fingerprint density at radius 2 is 2.33 bits per heavy atom. The average molecular weight is 201 g/mol. The largest absolute Gasteiger partial charge is 0.397 e. The molecule has 0 unspecified atom stereocenters. The van der Waals surface area contributed by atoms with E-state index in [1.807, 2.05) is 24.3 Å². The van der Waals surface area contributed by atoms with E-state index in [0.717, 1.165) is 35.5 Å². The van der Waals surface area contributed by atoms with Gasteiger partial charge in [-0.1, -0.05) is 19.1 Å². The van der Waals surface area contributed by atoms with Gasteiger partial charge in [0.05, 0.1) is 11.2 Å². The molecule has 2 aromatic rings. The van der Waals surface area contributed by atoms with Crippen molar-refractivity contribution in [3.05, 3.63) is 36.7 Å². The number of benzene rings is 1. The number of imidazole rings is 1. The summed E-state index contributed by atoms with van der Waals surface area (Å²) in [6, 6.07) is 5.88. The Morgan fingerprint density at radius 1 is 1.53 bits per heavy atom. The lowest BCUT2D eigenvalue weighted by atomic mass is 10.3. The lowest BCUT2D eigenvalue weighted by molar-refractivity contribution is 0.770. The first-order valence-corrected chi connectivity index (χ1v) is 5.12. The molecule has 0 radical (unpaired) electrons. The van der Waals surface area contributed by atoms with Crippen molar-refractivity contribution in [2.24, 2.45) is 0 Å². The standard InChI is InChI=1S/C12H15N3/c1-3-8-15-10-7-5-6-9(13)12(10)14-11(15)4-2/h3,5-7H,1,4,8,13H2,2H3. The highest BCUT2D eigenvalue weighted by atomic mass is 15.1. The summed E-state index contributed by atoms with van der Waals surface area (Å²) in [6.45, 7) is 6.64. The Morgan fingerprint density at radius 3 is 3.00 bits per heavy atom. The summed E-state index contributed by atoms with van der Waals surface area (Å²) in [5.41, 5.74) is 8.62. The number of rotatable bonds is 3. The third-order valence-corrected chi connectivity index (χ3v) is 2.52. The van der Waals surface area contributed by atoms with Crippen molar-refractivity contribution in [2.75, 3.05) is 5.73 Å². The number of nitrogen functional groups attached to an aromatic ring is 1. The van der Waals surface area contributed by atoms with Gasteiger partial charge in [-0.25, -0.2) is 4.98 Å². The van der Waals surface area contributed by atoms with Crippen molar-refractivity contribution >= 4 is 16.7 Å². The summed E-state index contributed by atoms with van der Waals surface area (Å²) < 4.78 is 2.15. The van der Waals surface area contributed by atoms with Crippen LogP contribution in [0.5, 0.6) is 0 Å². The lowest BCUT2D eigenvalue weighted by Crippen LogP contribution is -2.00. The predicted molar refractivity (Wildman–Crippen MR) is 63.7 cm³/mol. The normalized spacial score (nSPS) is 10.7. The first kappa shape index (κ1) is 9.77. The molecule has 1 heterocycles. The van der Waals surface area contributed by atoms with Crippen LogP contribution < -0.4 is 5.73 Å². The molecule has 78 valence electrons. The van der Waals surface area contributed by atoms with Crippen LogP contribution in [0.15, 0.2) is 30.9 Å². The summed E-state index contributed by atoms with van der Waals surface area (Å²) in [5, 5.41) is 0. The highest BCUT2D eigenvalue weighted by Crippen LogP contribution is 2.21.